The van der Waals surface area contributed by atoms with E-state index in [1.807, 2.05) is 19.1 Å². The normalized spacial score (nSPS) is 15.0. The molecule has 21 heavy (non-hydrogen) atoms. The summed E-state index contributed by atoms with van der Waals surface area (Å²) in [5.74, 6) is 1.49. The molecule has 1 aliphatic rings. The summed E-state index contributed by atoms with van der Waals surface area (Å²) in [7, 11) is 0. The minimum Gasteiger partial charge on any atom is -0.486 e. The zero-order valence-corrected chi connectivity index (χ0v) is 13.2. The smallest absolute Gasteiger partial charge is 0.162 e. The molecule has 2 aromatic rings. The average molecular weight is 354 g/mol. The highest BCUT2D eigenvalue weighted by molar-refractivity contribution is 9.10. The molecule has 1 aromatic carbocycles. The van der Waals surface area contributed by atoms with Crippen molar-refractivity contribution >= 4 is 15.9 Å². The zero-order valence-electron chi connectivity index (χ0n) is 11.6. The summed E-state index contributed by atoms with van der Waals surface area (Å²) in [5, 5.41) is 17.8. The van der Waals surface area contributed by atoms with Crippen molar-refractivity contribution in [2.45, 2.75) is 26.0 Å². The quantitative estimate of drug-likeness (QED) is 0.913. The molecule has 1 aliphatic heterocycles. The van der Waals surface area contributed by atoms with Gasteiger partial charge in [0.05, 0.1) is 18.8 Å². The molecule has 112 valence electrons. The standard InChI is InChI=1S/C14H16BrN3O3/c1-2-12(19)11-8-18(17-16-11)7-9-5-13-14(6-10(9)15)21-4-3-20-13/h5-6,8,12,19H,2-4,7H2,1H3. The molecule has 0 spiro atoms. The molecule has 0 aliphatic carbocycles. The molecule has 0 bridgehead atoms. The maximum Gasteiger partial charge on any atom is 0.162 e. The van der Waals surface area contributed by atoms with Crippen LogP contribution in [-0.4, -0.2) is 33.3 Å². The van der Waals surface area contributed by atoms with E-state index in [1.165, 1.54) is 0 Å². The second-order valence-electron chi connectivity index (χ2n) is 4.85. The van der Waals surface area contributed by atoms with Gasteiger partial charge in [-0.2, -0.15) is 0 Å². The van der Waals surface area contributed by atoms with Crippen molar-refractivity contribution in [2.75, 3.05) is 13.2 Å². The first-order valence-corrected chi connectivity index (χ1v) is 7.62. The van der Waals surface area contributed by atoms with Crippen LogP contribution >= 0.6 is 15.9 Å². The fourth-order valence-electron chi connectivity index (χ4n) is 2.15. The van der Waals surface area contributed by atoms with Gasteiger partial charge in [-0.05, 0) is 24.1 Å². The van der Waals surface area contributed by atoms with Crippen LogP contribution in [0.5, 0.6) is 11.5 Å². The molecule has 0 radical (unpaired) electrons. The summed E-state index contributed by atoms with van der Waals surface area (Å²) < 4.78 is 13.8. The molecule has 6 nitrogen and oxygen atoms in total. The van der Waals surface area contributed by atoms with Gasteiger partial charge in [0.15, 0.2) is 11.5 Å². The summed E-state index contributed by atoms with van der Waals surface area (Å²) in [4.78, 5) is 0. The lowest BCUT2D eigenvalue weighted by atomic mass is 10.2. The molecule has 0 saturated carbocycles. The van der Waals surface area contributed by atoms with Crippen LogP contribution in [0, 0.1) is 0 Å². The molecule has 7 heteroatoms. The lowest BCUT2D eigenvalue weighted by Gasteiger charge is -2.19. The maximum atomic E-state index is 9.76. The van der Waals surface area contributed by atoms with Gasteiger partial charge in [-0.3, -0.25) is 0 Å². The van der Waals surface area contributed by atoms with Gasteiger partial charge in [0.25, 0.3) is 0 Å². The molecule has 0 amide bonds. The van der Waals surface area contributed by atoms with E-state index >= 15 is 0 Å². The monoisotopic (exact) mass is 353 g/mol. The number of ether oxygens (including phenoxy) is 2. The van der Waals surface area contributed by atoms with E-state index in [-0.39, 0.29) is 0 Å². The number of aliphatic hydroxyl groups is 1. The number of aromatic nitrogens is 3. The summed E-state index contributed by atoms with van der Waals surface area (Å²) >= 11 is 3.54. The van der Waals surface area contributed by atoms with Gasteiger partial charge in [-0.15, -0.1) is 5.10 Å². The molecule has 1 aromatic heterocycles. The Bertz CT molecular complexity index is 644. The molecule has 2 heterocycles. The van der Waals surface area contributed by atoms with E-state index < -0.39 is 6.10 Å². The Balaban J connectivity index is 1.82. The molecule has 0 saturated heterocycles. The van der Waals surface area contributed by atoms with Crippen molar-refractivity contribution in [2.24, 2.45) is 0 Å². The van der Waals surface area contributed by atoms with Crippen LogP contribution < -0.4 is 9.47 Å². The molecule has 1 unspecified atom stereocenters. The highest BCUT2D eigenvalue weighted by atomic mass is 79.9. The molecular formula is C14H16BrN3O3. The Hall–Kier alpha value is -1.60. The number of aliphatic hydroxyl groups excluding tert-OH is 1. The van der Waals surface area contributed by atoms with Gasteiger partial charge < -0.3 is 14.6 Å². The number of benzene rings is 1. The van der Waals surface area contributed by atoms with Crippen molar-refractivity contribution in [3.05, 3.63) is 34.1 Å². The third-order valence-electron chi connectivity index (χ3n) is 3.33. The first-order chi connectivity index (χ1) is 10.2. The third kappa shape index (κ3) is 3.03. The number of hydrogen-bond acceptors (Lipinski definition) is 5. The van der Waals surface area contributed by atoms with Crippen LogP contribution in [0.25, 0.3) is 0 Å². The Morgan fingerprint density at radius 1 is 1.33 bits per heavy atom. The van der Waals surface area contributed by atoms with Crippen LogP contribution in [0.1, 0.15) is 30.7 Å². The van der Waals surface area contributed by atoms with E-state index in [0.29, 0.717) is 31.9 Å². The lowest BCUT2D eigenvalue weighted by Crippen LogP contribution is -2.16. The van der Waals surface area contributed by atoms with Gasteiger partial charge in [-0.25, -0.2) is 4.68 Å². The number of fused-ring (bicyclic) bond motifs is 1. The van der Waals surface area contributed by atoms with E-state index in [4.69, 9.17) is 9.47 Å². The average Bonchev–Trinajstić information content (AvgIpc) is 2.96. The van der Waals surface area contributed by atoms with Crippen LogP contribution in [0.4, 0.5) is 0 Å². The van der Waals surface area contributed by atoms with Crippen molar-refractivity contribution < 1.29 is 14.6 Å². The van der Waals surface area contributed by atoms with Gasteiger partial charge in [0.1, 0.15) is 18.9 Å². The first-order valence-electron chi connectivity index (χ1n) is 6.83. The third-order valence-corrected chi connectivity index (χ3v) is 4.07. The largest absolute Gasteiger partial charge is 0.486 e. The zero-order chi connectivity index (χ0) is 14.8. The van der Waals surface area contributed by atoms with Crippen LogP contribution in [-0.2, 0) is 6.54 Å². The number of nitrogens with zero attached hydrogens (tertiary/aromatic N) is 3. The number of halogens is 1. The topological polar surface area (TPSA) is 69.4 Å². The van der Waals surface area contributed by atoms with Crippen molar-refractivity contribution in [1.82, 2.24) is 15.0 Å². The predicted molar refractivity (Wildman–Crippen MR) is 79.5 cm³/mol. The van der Waals surface area contributed by atoms with Crippen molar-refractivity contribution in [3.8, 4) is 11.5 Å². The highest BCUT2D eigenvalue weighted by Crippen LogP contribution is 2.35. The summed E-state index contributed by atoms with van der Waals surface area (Å²) in [6, 6.07) is 3.85. The Kier molecular flexibility index (Phi) is 4.12. The van der Waals surface area contributed by atoms with E-state index in [9.17, 15) is 5.11 Å². The highest BCUT2D eigenvalue weighted by Gasteiger charge is 2.16. The number of hydrogen-bond donors (Lipinski definition) is 1. The SMILES string of the molecule is CCC(O)c1cn(Cc2cc3c(cc2Br)OCCO3)nn1. The Morgan fingerprint density at radius 2 is 2.05 bits per heavy atom. The second kappa shape index (κ2) is 6.03. The second-order valence-corrected chi connectivity index (χ2v) is 5.71. The van der Waals surface area contributed by atoms with Gasteiger partial charge in [0, 0.05) is 4.47 Å². The van der Waals surface area contributed by atoms with Gasteiger partial charge >= 0.3 is 0 Å². The Morgan fingerprint density at radius 3 is 2.76 bits per heavy atom. The number of rotatable bonds is 4. The van der Waals surface area contributed by atoms with E-state index in [2.05, 4.69) is 26.2 Å². The van der Waals surface area contributed by atoms with Crippen LogP contribution in [0.15, 0.2) is 22.8 Å². The molecular weight excluding hydrogens is 338 g/mol. The fraction of sp³-hybridized carbons (Fsp3) is 0.429. The van der Waals surface area contributed by atoms with Crippen LogP contribution in [0.2, 0.25) is 0 Å². The first kappa shape index (κ1) is 14.3. The van der Waals surface area contributed by atoms with E-state index in [0.717, 1.165) is 21.5 Å². The minimum atomic E-state index is -0.567. The summed E-state index contributed by atoms with van der Waals surface area (Å²) in [6.07, 6.45) is 1.81. The fourth-order valence-corrected chi connectivity index (χ4v) is 2.60. The van der Waals surface area contributed by atoms with Gasteiger partial charge in [-0.1, -0.05) is 28.1 Å². The van der Waals surface area contributed by atoms with Crippen LogP contribution in [0.3, 0.4) is 0 Å². The molecule has 0 fully saturated rings. The molecule has 1 N–H and O–H groups in total. The predicted octanol–water partition coefficient (Wildman–Crippen LogP) is 2.30. The summed E-state index contributed by atoms with van der Waals surface area (Å²) in [5.41, 5.74) is 1.60. The lowest BCUT2D eigenvalue weighted by molar-refractivity contribution is 0.168. The molecule has 3 rings (SSSR count). The summed E-state index contributed by atoms with van der Waals surface area (Å²) in [6.45, 7) is 3.58. The Labute approximate surface area is 130 Å². The van der Waals surface area contributed by atoms with Crippen molar-refractivity contribution in [3.63, 3.8) is 0 Å². The minimum absolute atomic E-state index is 0.542. The maximum absolute atomic E-state index is 9.76. The molecule has 1 atom stereocenters. The van der Waals surface area contributed by atoms with Crippen molar-refractivity contribution in [1.29, 1.82) is 0 Å². The van der Waals surface area contributed by atoms with Gasteiger partial charge in [0.2, 0.25) is 0 Å². The van der Waals surface area contributed by atoms with E-state index in [1.54, 1.807) is 10.9 Å².